The van der Waals surface area contributed by atoms with Crippen LogP contribution in [0.5, 0.6) is 5.75 Å². The number of rotatable bonds is 3. The summed E-state index contributed by atoms with van der Waals surface area (Å²) in [5.41, 5.74) is -1.74. The highest BCUT2D eigenvalue weighted by atomic mass is 19.4. The first-order valence-corrected chi connectivity index (χ1v) is 8.90. The highest BCUT2D eigenvalue weighted by molar-refractivity contribution is 5.95. The number of ether oxygens (including phenoxy) is 2. The van der Waals surface area contributed by atoms with E-state index in [1.165, 1.54) is 17.0 Å². The molecular weight excluding hydrogens is 391 g/mol. The molecule has 1 aromatic carbocycles. The first-order valence-electron chi connectivity index (χ1n) is 8.90. The van der Waals surface area contributed by atoms with Gasteiger partial charge in [-0.15, -0.1) is 13.2 Å². The van der Waals surface area contributed by atoms with Crippen LogP contribution in [0, 0.1) is 11.3 Å². The second-order valence-corrected chi connectivity index (χ2v) is 7.69. The van der Waals surface area contributed by atoms with Gasteiger partial charge in [0.15, 0.2) is 0 Å². The van der Waals surface area contributed by atoms with Gasteiger partial charge in [-0.2, -0.15) is 5.26 Å². The van der Waals surface area contributed by atoms with Crippen molar-refractivity contribution in [2.45, 2.75) is 51.1 Å². The van der Waals surface area contributed by atoms with E-state index in [0.717, 1.165) is 12.1 Å². The van der Waals surface area contributed by atoms with Crippen LogP contribution in [0.3, 0.4) is 0 Å². The Kier molecular flexibility index (Phi) is 6.30. The van der Waals surface area contributed by atoms with Crippen molar-refractivity contribution in [1.29, 1.82) is 5.26 Å². The minimum atomic E-state index is -4.82. The molecule has 1 aliphatic rings. The van der Waals surface area contributed by atoms with Crippen molar-refractivity contribution in [3.63, 3.8) is 0 Å². The molecule has 0 spiro atoms. The first kappa shape index (κ1) is 22.3. The number of halogens is 3. The van der Waals surface area contributed by atoms with Crippen molar-refractivity contribution in [1.82, 2.24) is 10.2 Å². The smallest absolute Gasteiger partial charge is 0.444 e. The van der Waals surface area contributed by atoms with Gasteiger partial charge in [0, 0.05) is 31.5 Å². The zero-order valence-electron chi connectivity index (χ0n) is 16.3. The molecule has 29 heavy (non-hydrogen) atoms. The van der Waals surface area contributed by atoms with Crippen molar-refractivity contribution >= 4 is 12.0 Å². The molecule has 0 saturated carbocycles. The summed E-state index contributed by atoms with van der Waals surface area (Å²) in [7, 11) is 0. The summed E-state index contributed by atoms with van der Waals surface area (Å²) in [6.07, 6.45) is -4.92. The Labute approximate surface area is 166 Å². The van der Waals surface area contributed by atoms with Crippen molar-refractivity contribution in [3.05, 3.63) is 29.8 Å². The molecule has 158 valence electrons. The van der Waals surface area contributed by atoms with Gasteiger partial charge in [0.1, 0.15) is 16.9 Å². The lowest BCUT2D eigenvalue weighted by Crippen LogP contribution is -2.55. The highest BCUT2D eigenvalue weighted by Crippen LogP contribution is 2.25. The van der Waals surface area contributed by atoms with Crippen molar-refractivity contribution in [3.8, 4) is 11.8 Å². The Morgan fingerprint density at radius 1 is 1.14 bits per heavy atom. The van der Waals surface area contributed by atoms with Crippen LogP contribution in [0.2, 0.25) is 0 Å². The third-order valence-electron chi connectivity index (χ3n) is 4.19. The minimum absolute atomic E-state index is 0.0868. The van der Waals surface area contributed by atoms with E-state index in [9.17, 15) is 28.0 Å². The molecule has 0 aromatic heterocycles. The number of carbonyl (C=O) groups is 2. The zero-order chi connectivity index (χ0) is 21.9. The summed E-state index contributed by atoms with van der Waals surface area (Å²) in [5.74, 6) is -1.05. The third kappa shape index (κ3) is 6.55. The van der Waals surface area contributed by atoms with Crippen LogP contribution in [0.15, 0.2) is 24.3 Å². The molecule has 0 unspecified atom stereocenters. The number of hydrogen-bond donors (Lipinski definition) is 1. The van der Waals surface area contributed by atoms with Crippen molar-refractivity contribution in [2.24, 2.45) is 0 Å². The molecule has 7 nitrogen and oxygen atoms in total. The Hall–Kier alpha value is -2.96. The summed E-state index contributed by atoms with van der Waals surface area (Å²) >= 11 is 0. The molecule has 0 radical (unpaired) electrons. The van der Waals surface area contributed by atoms with Crippen LogP contribution in [-0.2, 0) is 4.74 Å². The molecule has 0 aliphatic carbocycles. The Balaban J connectivity index is 1.98. The monoisotopic (exact) mass is 413 g/mol. The van der Waals surface area contributed by atoms with Gasteiger partial charge in [0.2, 0.25) is 0 Å². The third-order valence-corrected chi connectivity index (χ3v) is 4.19. The van der Waals surface area contributed by atoms with E-state index in [1.807, 2.05) is 0 Å². The number of amides is 2. The average Bonchev–Trinajstić information content (AvgIpc) is 2.60. The van der Waals surface area contributed by atoms with Gasteiger partial charge in [-0.3, -0.25) is 4.79 Å². The topological polar surface area (TPSA) is 91.7 Å². The largest absolute Gasteiger partial charge is 0.573 e. The number of hydrogen-bond acceptors (Lipinski definition) is 5. The lowest BCUT2D eigenvalue weighted by atomic mass is 9.88. The quantitative estimate of drug-likeness (QED) is 0.817. The predicted octanol–water partition coefficient (Wildman–Crippen LogP) is 3.61. The van der Waals surface area contributed by atoms with Gasteiger partial charge >= 0.3 is 12.5 Å². The number of nitriles is 1. The van der Waals surface area contributed by atoms with Gasteiger partial charge in [0.25, 0.3) is 5.91 Å². The number of alkyl halides is 3. The molecule has 10 heteroatoms. The SMILES string of the molecule is CC(C)(C)OC(=O)N1CCC(C#N)(NC(=O)c2ccc(OC(F)(F)F)cc2)CC1. The van der Waals surface area contributed by atoms with E-state index in [0.29, 0.717) is 0 Å². The number of nitrogens with zero attached hydrogens (tertiary/aromatic N) is 2. The summed E-state index contributed by atoms with van der Waals surface area (Å²) in [6, 6.07) is 6.48. The first-order chi connectivity index (χ1) is 13.3. The van der Waals surface area contributed by atoms with E-state index in [4.69, 9.17) is 4.74 Å². The minimum Gasteiger partial charge on any atom is -0.444 e. The Morgan fingerprint density at radius 2 is 1.69 bits per heavy atom. The molecule has 2 amide bonds. The van der Waals surface area contributed by atoms with Gasteiger partial charge in [-0.1, -0.05) is 0 Å². The molecule has 1 aromatic rings. The molecule has 1 aliphatic heterocycles. The average molecular weight is 413 g/mol. The number of piperidine rings is 1. The van der Waals surface area contributed by atoms with Gasteiger partial charge in [-0.25, -0.2) is 4.79 Å². The second-order valence-electron chi connectivity index (χ2n) is 7.69. The number of benzene rings is 1. The van der Waals surface area contributed by atoms with Gasteiger partial charge in [-0.05, 0) is 45.0 Å². The molecule has 1 N–H and O–H groups in total. The van der Waals surface area contributed by atoms with Crippen LogP contribution in [0.25, 0.3) is 0 Å². The van der Waals surface area contributed by atoms with Crippen molar-refractivity contribution < 1.29 is 32.2 Å². The molecule has 2 rings (SSSR count). The molecule has 1 heterocycles. The maximum Gasteiger partial charge on any atom is 0.573 e. The fraction of sp³-hybridized carbons (Fsp3) is 0.526. The number of nitrogens with one attached hydrogen (secondary N) is 1. The van der Waals surface area contributed by atoms with Gasteiger partial charge < -0.3 is 19.7 Å². The maximum atomic E-state index is 12.4. The lowest BCUT2D eigenvalue weighted by Gasteiger charge is -2.38. The fourth-order valence-corrected chi connectivity index (χ4v) is 2.76. The summed E-state index contributed by atoms with van der Waals surface area (Å²) in [6.45, 7) is 5.70. The van der Waals surface area contributed by atoms with E-state index in [2.05, 4.69) is 16.1 Å². The van der Waals surface area contributed by atoms with Crippen LogP contribution >= 0.6 is 0 Å². The van der Waals surface area contributed by atoms with Crippen molar-refractivity contribution in [2.75, 3.05) is 13.1 Å². The van der Waals surface area contributed by atoms with Crippen LogP contribution in [0.1, 0.15) is 44.0 Å². The summed E-state index contributed by atoms with van der Waals surface area (Å²) < 4.78 is 45.7. The van der Waals surface area contributed by atoms with Crippen LogP contribution in [0.4, 0.5) is 18.0 Å². The number of likely N-dealkylation sites (tertiary alicyclic amines) is 1. The van der Waals surface area contributed by atoms with E-state index >= 15 is 0 Å². The normalized spacial score (nSPS) is 16.5. The molecule has 0 atom stereocenters. The van der Waals surface area contributed by atoms with E-state index in [-0.39, 0.29) is 31.5 Å². The molecule has 1 fully saturated rings. The molecule has 1 saturated heterocycles. The molecular formula is C19H22F3N3O4. The highest BCUT2D eigenvalue weighted by Gasteiger charge is 2.39. The maximum absolute atomic E-state index is 12.4. The lowest BCUT2D eigenvalue weighted by molar-refractivity contribution is -0.274. The number of carbonyl (C=O) groups excluding carboxylic acids is 2. The van der Waals surface area contributed by atoms with Crippen LogP contribution < -0.4 is 10.1 Å². The second kappa shape index (κ2) is 8.19. The van der Waals surface area contributed by atoms with E-state index < -0.39 is 35.3 Å². The molecule has 0 bridgehead atoms. The van der Waals surface area contributed by atoms with Gasteiger partial charge in [0.05, 0.1) is 6.07 Å². The summed E-state index contributed by atoms with van der Waals surface area (Å²) in [5, 5.41) is 12.2. The standard InChI is InChI=1S/C19H22F3N3O4/c1-17(2,3)29-16(27)25-10-8-18(12-23,9-11-25)24-15(26)13-4-6-14(7-5-13)28-19(20,21)22/h4-7H,8-11H2,1-3H3,(H,24,26). The Bertz CT molecular complexity index is 787. The predicted molar refractivity (Wildman–Crippen MR) is 96.0 cm³/mol. The summed E-state index contributed by atoms with van der Waals surface area (Å²) in [4.78, 5) is 26.0. The van der Waals surface area contributed by atoms with Crippen LogP contribution in [-0.4, -0.2) is 47.5 Å². The Morgan fingerprint density at radius 3 is 2.14 bits per heavy atom. The van der Waals surface area contributed by atoms with E-state index in [1.54, 1.807) is 20.8 Å². The fourth-order valence-electron chi connectivity index (χ4n) is 2.76. The zero-order valence-corrected chi connectivity index (χ0v) is 16.3.